The molecule has 2 heterocycles. The lowest BCUT2D eigenvalue weighted by Crippen LogP contribution is -2.29. The van der Waals surface area contributed by atoms with Crippen molar-refractivity contribution in [3.8, 4) is 5.75 Å². The molecule has 0 bridgehead atoms. The summed E-state index contributed by atoms with van der Waals surface area (Å²) in [5, 5.41) is 11.2. The zero-order valence-corrected chi connectivity index (χ0v) is 18.9. The molecule has 33 heavy (non-hydrogen) atoms. The average molecular weight is 443 g/mol. The molecular weight excluding hydrogens is 416 g/mol. The lowest BCUT2D eigenvalue weighted by Gasteiger charge is -2.25. The summed E-state index contributed by atoms with van der Waals surface area (Å²) in [6.45, 7) is 6.65. The standard InChI is InChI=1S/C27H26N2O4/c1-17(2)16-33-22-12-8-19(9-13-22)25(30)23-24(20-5-4-14-28-15-20)29(27(32)26(23)31)21-10-6-18(3)7-11-21/h4-15,17,24,30H,16H2,1-3H3/b25-23-. The van der Waals surface area contributed by atoms with E-state index in [2.05, 4.69) is 18.8 Å². The van der Waals surface area contributed by atoms with Crippen LogP contribution in [0, 0.1) is 12.8 Å². The number of benzene rings is 2. The topological polar surface area (TPSA) is 79.7 Å². The van der Waals surface area contributed by atoms with Crippen molar-refractivity contribution in [2.75, 3.05) is 11.5 Å². The summed E-state index contributed by atoms with van der Waals surface area (Å²) in [6.07, 6.45) is 3.23. The van der Waals surface area contributed by atoms with Gasteiger partial charge in [-0.2, -0.15) is 0 Å². The van der Waals surface area contributed by atoms with Gasteiger partial charge >= 0.3 is 0 Å². The molecule has 168 valence electrons. The Bertz CT molecular complexity index is 1180. The van der Waals surface area contributed by atoms with Crippen molar-refractivity contribution in [3.05, 3.63) is 95.3 Å². The summed E-state index contributed by atoms with van der Waals surface area (Å²) in [6, 6.07) is 16.9. The van der Waals surface area contributed by atoms with Crippen LogP contribution in [0.25, 0.3) is 5.76 Å². The Morgan fingerprint density at radius 3 is 2.36 bits per heavy atom. The van der Waals surface area contributed by atoms with Gasteiger partial charge < -0.3 is 9.84 Å². The Kier molecular flexibility index (Phi) is 6.27. The van der Waals surface area contributed by atoms with Crippen LogP contribution in [0.5, 0.6) is 5.75 Å². The number of ether oxygens (including phenoxy) is 1. The maximum Gasteiger partial charge on any atom is 0.300 e. The van der Waals surface area contributed by atoms with Crippen molar-refractivity contribution in [2.45, 2.75) is 26.8 Å². The first-order chi connectivity index (χ1) is 15.9. The molecule has 0 aliphatic carbocycles. The molecule has 0 saturated carbocycles. The second-order valence-corrected chi connectivity index (χ2v) is 8.52. The van der Waals surface area contributed by atoms with E-state index in [-0.39, 0.29) is 11.3 Å². The highest BCUT2D eigenvalue weighted by atomic mass is 16.5. The molecule has 3 aromatic rings. The van der Waals surface area contributed by atoms with E-state index in [1.54, 1.807) is 60.9 Å². The zero-order chi connectivity index (χ0) is 23.5. The molecule has 1 fully saturated rings. The normalized spacial score (nSPS) is 17.6. The smallest absolute Gasteiger partial charge is 0.300 e. The van der Waals surface area contributed by atoms with Gasteiger partial charge in [-0.25, -0.2) is 0 Å². The van der Waals surface area contributed by atoms with Crippen LogP contribution >= 0.6 is 0 Å². The van der Waals surface area contributed by atoms with Gasteiger partial charge in [-0.05, 0) is 60.9 Å². The minimum Gasteiger partial charge on any atom is -0.507 e. The van der Waals surface area contributed by atoms with Crippen LogP contribution in [-0.2, 0) is 9.59 Å². The number of aromatic nitrogens is 1. The summed E-state index contributed by atoms with van der Waals surface area (Å²) in [5.41, 5.74) is 2.71. The average Bonchev–Trinajstić information content (AvgIpc) is 3.09. The van der Waals surface area contributed by atoms with E-state index in [4.69, 9.17) is 4.74 Å². The van der Waals surface area contributed by atoms with Crippen molar-refractivity contribution in [1.29, 1.82) is 0 Å². The fourth-order valence-corrected chi connectivity index (χ4v) is 3.78. The predicted octanol–water partition coefficient (Wildman–Crippen LogP) is 5.05. The quantitative estimate of drug-likeness (QED) is 0.328. The first-order valence-corrected chi connectivity index (χ1v) is 10.9. The largest absolute Gasteiger partial charge is 0.507 e. The minimum absolute atomic E-state index is 0.0319. The fourth-order valence-electron chi connectivity index (χ4n) is 3.78. The van der Waals surface area contributed by atoms with Gasteiger partial charge in [0.15, 0.2) is 0 Å². The number of carbonyl (C=O) groups excluding carboxylic acids is 2. The number of aryl methyl sites for hydroxylation is 1. The maximum atomic E-state index is 13.1. The molecule has 1 amide bonds. The molecular formula is C27H26N2O4. The Hall–Kier alpha value is -3.93. The predicted molar refractivity (Wildman–Crippen MR) is 127 cm³/mol. The van der Waals surface area contributed by atoms with Crippen molar-refractivity contribution in [2.24, 2.45) is 5.92 Å². The number of aliphatic hydroxyl groups is 1. The van der Waals surface area contributed by atoms with E-state index in [0.29, 0.717) is 35.1 Å². The Morgan fingerprint density at radius 1 is 1.06 bits per heavy atom. The number of anilines is 1. The number of carbonyl (C=O) groups is 2. The summed E-state index contributed by atoms with van der Waals surface area (Å²) >= 11 is 0. The van der Waals surface area contributed by atoms with Gasteiger partial charge in [0.2, 0.25) is 0 Å². The van der Waals surface area contributed by atoms with Crippen LogP contribution < -0.4 is 9.64 Å². The Balaban J connectivity index is 1.79. The van der Waals surface area contributed by atoms with Gasteiger partial charge in [0.25, 0.3) is 11.7 Å². The number of hydrogen-bond donors (Lipinski definition) is 1. The van der Waals surface area contributed by atoms with Crippen LogP contribution in [0.2, 0.25) is 0 Å². The third-order valence-electron chi connectivity index (χ3n) is 5.47. The lowest BCUT2D eigenvalue weighted by molar-refractivity contribution is -0.132. The molecule has 1 atom stereocenters. The molecule has 6 nitrogen and oxygen atoms in total. The molecule has 1 unspecified atom stereocenters. The molecule has 4 rings (SSSR count). The van der Waals surface area contributed by atoms with E-state index >= 15 is 0 Å². The van der Waals surface area contributed by atoms with Gasteiger partial charge in [-0.3, -0.25) is 19.5 Å². The van der Waals surface area contributed by atoms with Gasteiger partial charge in [-0.15, -0.1) is 0 Å². The lowest BCUT2D eigenvalue weighted by atomic mass is 9.96. The number of nitrogens with zero attached hydrogens (tertiary/aromatic N) is 2. The van der Waals surface area contributed by atoms with Crippen LogP contribution in [0.3, 0.4) is 0 Å². The van der Waals surface area contributed by atoms with Crippen LogP contribution in [0.15, 0.2) is 78.6 Å². The van der Waals surface area contributed by atoms with Crippen LogP contribution in [-0.4, -0.2) is 28.4 Å². The first-order valence-electron chi connectivity index (χ1n) is 10.9. The highest BCUT2D eigenvalue weighted by Gasteiger charge is 2.47. The highest BCUT2D eigenvalue weighted by Crippen LogP contribution is 2.42. The second kappa shape index (κ2) is 9.28. The van der Waals surface area contributed by atoms with Gasteiger partial charge in [0, 0.05) is 23.6 Å². The molecule has 2 aromatic carbocycles. The van der Waals surface area contributed by atoms with Crippen molar-refractivity contribution in [1.82, 2.24) is 4.98 Å². The molecule has 1 N–H and O–H groups in total. The highest BCUT2D eigenvalue weighted by molar-refractivity contribution is 6.51. The van der Waals surface area contributed by atoms with Crippen molar-refractivity contribution in [3.63, 3.8) is 0 Å². The molecule has 6 heteroatoms. The van der Waals surface area contributed by atoms with Crippen LogP contribution in [0.4, 0.5) is 5.69 Å². The van der Waals surface area contributed by atoms with E-state index in [9.17, 15) is 14.7 Å². The first kappa shape index (κ1) is 22.3. The van der Waals surface area contributed by atoms with E-state index in [1.807, 2.05) is 19.1 Å². The molecule has 1 aliphatic heterocycles. The molecule has 1 aliphatic rings. The maximum absolute atomic E-state index is 13.1. The molecule has 1 saturated heterocycles. The van der Waals surface area contributed by atoms with Crippen molar-refractivity contribution >= 4 is 23.1 Å². The number of ketones is 1. The van der Waals surface area contributed by atoms with Gasteiger partial charge in [0.1, 0.15) is 11.5 Å². The minimum atomic E-state index is -0.793. The molecule has 0 spiro atoms. The third-order valence-corrected chi connectivity index (χ3v) is 5.47. The number of rotatable bonds is 6. The van der Waals surface area contributed by atoms with Gasteiger partial charge in [-0.1, -0.05) is 37.6 Å². The number of amides is 1. The summed E-state index contributed by atoms with van der Waals surface area (Å²) in [5.74, 6) is -0.597. The summed E-state index contributed by atoms with van der Waals surface area (Å²) in [4.78, 5) is 31.8. The zero-order valence-electron chi connectivity index (χ0n) is 18.9. The Labute approximate surface area is 193 Å². The number of Topliss-reactive ketones (excluding diaryl/α,β-unsaturated/α-hetero) is 1. The Morgan fingerprint density at radius 2 is 1.76 bits per heavy atom. The monoisotopic (exact) mass is 442 g/mol. The fraction of sp³-hybridized carbons (Fsp3) is 0.222. The van der Waals surface area contributed by atoms with Crippen molar-refractivity contribution < 1.29 is 19.4 Å². The number of hydrogen-bond acceptors (Lipinski definition) is 5. The van der Waals surface area contributed by atoms with Crippen LogP contribution in [0.1, 0.15) is 36.6 Å². The summed E-state index contributed by atoms with van der Waals surface area (Å²) in [7, 11) is 0. The van der Waals surface area contributed by atoms with Gasteiger partial charge in [0.05, 0.1) is 18.2 Å². The van der Waals surface area contributed by atoms with E-state index in [1.165, 1.54) is 4.90 Å². The third kappa shape index (κ3) is 4.51. The van der Waals surface area contributed by atoms with E-state index < -0.39 is 17.7 Å². The summed E-state index contributed by atoms with van der Waals surface area (Å²) < 4.78 is 5.71. The molecule has 0 radical (unpaired) electrons. The second-order valence-electron chi connectivity index (χ2n) is 8.52. The molecule has 1 aromatic heterocycles. The number of aliphatic hydroxyl groups excluding tert-OH is 1. The van der Waals surface area contributed by atoms with E-state index in [0.717, 1.165) is 5.56 Å². The SMILES string of the molecule is Cc1ccc(N2C(=O)C(=O)/C(=C(\O)c3ccc(OCC(C)C)cc3)C2c2cccnc2)cc1. The number of pyridine rings is 1.